The van der Waals surface area contributed by atoms with E-state index in [1.807, 2.05) is 18.2 Å². The molecule has 0 aromatic heterocycles. The molecule has 3 aromatic rings. The molecule has 3 aromatic carbocycles. The first kappa shape index (κ1) is 23.3. The van der Waals surface area contributed by atoms with Gasteiger partial charge in [0.15, 0.2) is 11.5 Å². The summed E-state index contributed by atoms with van der Waals surface area (Å²) < 4.78 is 17.3. The van der Waals surface area contributed by atoms with Gasteiger partial charge in [0, 0.05) is 6.54 Å². The maximum atomic E-state index is 9.92. The quantitative estimate of drug-likeness (QED) is 0.356. The van der Waals surface area contributed by atoms with Gasteiger partial charge >= 0.3 is 0 Å². The van der Waals surface area contributed by atoms with E-state index in [0.717, 1.165) is 66.4 Å². The largest absolute Gasteiger partial charge is 0.508 e. The van der Waals surface area contributed by atoms with Crippen molar-refractivity contribution < 1.29 is 19.3 Å². The third-order valence-electron chi connectivity index (χ3n) is 6.81. The van der Waals surface area contributed by atoms with Gasteiger partial charge in [0.1, 0.15) is 18.1 Å². The zero-order valence-electron chi connectivity index (χ0n) is 20.5. The van der Waals surface area contributed by atoms with Crippen LogP contribution in [0, 0.1) is 5.92 Å². The minimum atomic E-state index is 0.265. The summed E-state index contributed by atoms with van der Waals surface area (Å²) in [4.78, 5) is 2.35. The lowest BCUT2D eigenvalue weighted by molar-refractivity contribution is 0.174. The Kier molecular flexibility index (Phi) is 6.96. The fraction of sp³-hybridized carbons (Fsp3) is 0.333. The first-order valence-corrected chi connectivity index (χ1v) is 12.6. The molecule has 0 radical (unpaired) electrons. The SMILES string of the molecule is CCN(CC)CCOc1ccc(/C(=C(/c2ccc3c(c2)OCO3)C2CC2)c2ccc(O)cc2)cc1. The molecule has 2 aliphatic rings. The van der Waals surface area contributed by atoms with Crippen molar-refractivity contribution >= 4 is 11.1 Å². The molecule has 35 heavy (non-hydrogen) atoms. The Morgan fingerprint density at radius 1 is 0.857 bits per heavy atom. The van der Waals surface area contributed by atoms with Crippen molar-refractivity contribution in [3.05, 3.63) is 83.4 Å². The van der Waals surface area contributed by atoms with E-state index in [9.17, 15) is 5.11 Å². The van der Waals surface area contributed by atoms with E-state index < -0.39 is 0 Å². The predicted molar refractivity (Wildman–Crippen MR) is 139 cm³/mol. The van der Waals surface area contributed by atoms with Gasteiger partial charge in [-0.2, -0.15) is 0 Å². The Balaban J connectivity index is 1.51. The number of phenolic OH excluding ortho intramolecular Hbond substituents is 1. The van der Waals surface area contributed by atoms with E-state index in [4.69, 9.17) is 14.2 Å². The summed E-state index contributed by atoms with van der Waals surface area (Å²) in [5.41, 5.74) is 5.86. The van der Waals surface area contributed by atoms with Crippen LogP contribution in [0.4, 0.5) is 0 Å². The summed E-state index contributed by atoms with van der Waals surface area (Å²) in [6, 6.07) is 22.1. The summed E-state index contributed by atoms with van der Waals surface area (Å²) in [5.74, 6) is 3.22. The van der Waals surface area contributed by atoms with Gasteiger partial charge in [-0.15, -0.1) is 0 Å². The van der Waals surface area contributed by atoms with Crippen LogP contribution in [0.25, 0.3) is 11.1 Å². The molecule has 0 unspecified atom stereocenters. The number of nitrogens with zero attached hydrogens (tertiary/aromatic N) is 1. The Morgan fingerprint density at radius 3 is 2.14 bits per heavy atom. The normalized spacial score (nSPS) is 15.3. The maximum Gasteiger partial charge on any atom is 0.231 e. The first-order chi connectivity index (χ1) is 17.2. The van der Waals surface area contributed by atoms with Gasteiger partial charge in [0.25, 0.3) is 0 Å². The van der Waals surface area contributed by atoms with Crippen molar-refractivity contribution in [2.45, 2.75) is 26.7 Å². The molecule has 5 nitrogen and oxygen atoms in total. The second-order valence-corrected chi connectivity index (χ2v) is 9.08. The van der Waals surface area contributed by atoms with Crippen molar-refractivity contribution in [1.29, 1.82) is 0 Å². The minimum Gasteiger partial charge on any atom is -0.508 e. The Labute approximate surface area is 207 Å². The topological polar surface area (TPSA) is 51.2 Å². The number of benzene rings is 3. The molecule has 5 heteroatoms. The molecule has 5 rings (SSSR count). The molecule has 0 spiro atoms. The lowest BCUT2D eigenvalue weighted by Gasteiger charge is -2.19. The number of hydrogen-bond acceptors (Lipinski definition) is 5. The van der Waals surface area contributed by atoms with Crippen LogP contribution in [0.15, 0.2) is 66.7 Å². The number of aromatic hydroxyl groups is 1. The van der Waals surface area contributed by atoms with Crippen molar-refractivity contribution in [1.82, 2.24) is 4.90 Å². The van der Waals surface area contributed by atoms with Crippen LogP contribution >= 0.6 is 0 Å². The van der Waals surface area contributed by atoms with Gasteiger partial charge in [-0.25, -0.2) is 0 Å². The van der Waals surface area contributed by atoms with Gasteiger partial charge in [-0.1, -0.05) is 44.2 Å². The number of ether oxygens (including phenoxy) is 3. The van der Waals surface area contributed by atoms with E-state index >= 15 is 0 Å². The highest BCUT2D eigenvalue weighted by Gasteiger charge is 2.31. The fourth-order valence-electron chi connectivity index (χ4n) is 4.68. The lowest BCUT2D eigenvalue weighted by Crippen LogP contribution is -2.27. The number of rotatable bonds is 10. The van der Waals surface area contributed by atoms with E-state index in [-0.39, 0.29) is 12.5 Å². The molecule has 1 saturated carbocycles. The minimum absolute atomic E-state index is 0.265. The number of hydrogen-bond donors (Lipinski definition) is 1. The smallest absolute Gasteiger partial charge is 0.231 e. The average molecular weight is 472 g/mol. The first-order valence-electron chi connectivity index (χ1n) is 12.6. The summed E-state index contributed by atoms with van der Waals surface area (Å²) >= 11 is 0. The van der Waals surface area contributed by atoms with E-state index in [1.165, 1.54) is 11.1 Å². The fourth-order valence-corrected chi connectivity index (χ4v) is 4.68. The molecular weight excluding hydrogens is 438 g/mol. The Morgan fingerprint density at radius 2 is 1.49 bits per heavy atom. The van der Waals surface area contributed by atoms with Crippen LogP contribution in [-0.2, 0) is 0 Å². The zero-order chi connectivity index (χ0) is 24.2. The summed E-state index contributed by atoms with van der Waals surface area (Å²) in [5, 5.41) is 9.92. The van der Waals surface area contributed by atoms with Crippen LogP contribution in [0.5, 0.6) is 23.0 Å². The lowest BCUT2D eigenvalue weighted by atomic mass is 9.87. The molecule has 0 amide bonds. The van der Waals surface area contributed by atoms with Crippen LogP contribution < -0.4 is 14.2 Å². The average Bonchev–Trinajstić information content (AvgIpc) is 3.62. The molecular formula is C30H33NO4. The third-order valence-corrected chi connectivity index (χ3v) is 6.81. The monoisotopic (exact) mass is 471 g/mol. The molecule has 0 bridgehead atoms. The van der Waals surface area contributed by atoms with Crippen molar-refractivity contribution in [2.24, 2.45) is 5.92 Å². The van der Waals surface area contributed by atoms with E-state index in [2.05, 4.69) is 55.1 Å². The second kappa shape index (κ2) is 10.4. The predicted octanol–water partition coefficient (Wildman–Crippen LogP) is 6.21. The van der Waals surface area contributed by atoms with Gasteiger partial charge in [0.2, 0.25) is 6.79 Å². The Bertz CT molecular complexity index is 1180. The van der Waals surface area contributed by atoms with Crippen molar-refractivity contribution in [3.63, 3.8) is 0 Å². The number of allylic oxidation sites excluding steroid dienone is 1. The highest BCUT2D eigenvalue weighted by molar-refractivity contribution is 6.00. The number of phenols is 1. The molecule has 1 aliphatic heterocycles. The highest BCUT2D eigenvalue weighted by atomic mass is 16.7. The van der Waals surface area contributed by atoms with E-state index in [1.54, 1.807) is 12.1 Å². The van der Waals surface area contributed by atoms with Gasteiger partial charge in [-0.3, -0.25) is 0 Å². The molecule has 1 fully saturated rings. The summed E-state index contributed by atoms with van der Waals surface area (Å²) in [6.07, 6.45) is 2.33. The molecule has 1 aliphatic carbocycles. The number of fused-ring (bicyclic) bond motifs is 1. The van der Waals surface area contributed by atoms with Crippen molar-refractivity contribution in [2.75, 3.05) is 33.0 Å². The molecule has 0 atom stereocenters. The van der Waals surface area contributed by atoms with Gasteiger partial charge in [0.05, 0.1) is 0 Å². The third kappa shape index (κ3) is 5.30. The second-order valence-electron chi connectivity index (χ2n) is 9.08. The molecule has 0 saturated heterocycles. The molecule has 1 N–H and O–H groups in total. The number of likely N-dealkylation sites (N-methyl/N-ethyl adjacent to an activating group) is 1. The molecule has 182 valence electrons. The van der Waals surface area contributed by atoms with Crippen LogP contribution in [0.1, 0.15) is 43.4 Å². The van der Waals surface area contributed by atoms with Gasteiger partial charge in [-0.05, 0) is 96.1 Å². The van der Waals surface area contributed by atoms with Gasteiger partial charge < -0.3 is 24.2 Å². The van der Waals surface area contributed by atoms with Crippen LogP contribution in [0.2, 0.25) is 0 Å². The maximum absolute atomic E-state index is 9.92. The Hall–Kier alpha value is -3.44. The van der Waals surface area contributed by atoms with Crippen LogP contribution in [-0.4, -0.2) is 43.0 Å². The van der Waals surface area contributed by atoms with E-state index in [0.29, 0.717) is 12.5 Å². The standard InChI is InChI=1S/C30H33NO4/c1-3-31(4-2)17-18-33-26-14-9-23(10-15-26)29(22-7-12-25(32)13-8-22)30(21-5-6-21)24-11-16-27-28(19-24)35-20-34-27/h7-16,19,21,32H,3-6,17-18,20H2,1-2H3/b30-29+. The van der Waals surface area contributed by atoms with Crippen molar-refractivity contribution in [3.8, 4) is 23.0 Å². The summed E-state index contributed by atoms with van der Waals surface area (Å²) in [7, 11) is 0. The highest BCUT2D eigenvalue weighted by Crippen LogP contribution is 2.49. The summed E-state index contributed by atoms with van der Waals surface area (Å²) in [6.45, 7) is 8.27. The molecule has 1 heterocycles. The zero-order valence-corrected chi connectivity index (χ0v) is 20.5. The van der Waals surface area contributed by atoms with Crippen LogP contribution in [0.3, 0.4) is 0 Å².